The Balaban J connectivity index is 2.68. The molecular weight excluding hydrogens is 265 g/mol. The van der Waals surface area contributed by atoms with E-state index in [1.807, 2.05) is 6.92 Å². The molecule has 0 radical (unpaired) electrons. The van der Waals surface area contributed by atoms with E-state index in [4.69, 9.17) is 16.3 Å². The van der Waals surface area contributed by atoms with E-state index < -0.39 is 0 Å². The fourth-order valence-corrected chi connectivity index (χ4v) is 2.25. The minimum absolute atomic E-state index is 0.0867. The minimum atomic E-state index is -0.243. The van der Waals surface area contributed by atoms with Gasteiger partial charge in [0.25, 0.3) is 0 Å². The lowest BCUT2D eigenvalue weighted by Gasteiger charge is -2.20. The fourth-order valence-electron chi connectivity index (χ4n) is 2.00. The average molecular weight is 288 g/mol. The summed E-state index contributed by atoms with van der Waals surface area (Å²) in [7, 11) is 0. The molecule has 0 aliphatic heterocycles. The van der Waals surface area contributed by atoms with Crippen molar-refractivity contribution in [3.8, 4) is 0 Å². The van der Waals surface area contributed by atoms with Crippen molar-refractivity contribution in [1.82, 2.24) is 5.32 Å². The molecule has 0 aromatic heterocycles. The first-order valence-electron chi connectivity index (χ1n) is 6.95. The summed E-state index contributed by atoms with van der Waals surface area (Å²) < 4.78 is 18.7. The van der Waals surface area contributed by atoms with Crippen molar-refractivity contribution in [3.05, 3.63) is 34.6 Å². The maximum Gasteiger partial charge on any atom is 0.123 e. The molecule has 2 nitrogen and oxygen atoms in total. The molecule has 0 fully saturated rings. The van der Waals surface area contributed by atoms with Crippen LogP contribution in [-0.2, 0) is 4.74 Å². The third kappa shape index (κ3) is 5.89. The average Bonchev–Trinajstić information content (AvgIpc) is 2.41. The Morgan fingerprint density at radius 3 is 2.84 bits per heavy atom. The highest BCUT2D eigenvalue weighted by molar-refractivity contribution is 6.31. The van der Waals surface area contributed by atoms with Crippen molar-refractivity contribution in [3.63, 3.8) is 0 Å². The second-order valence-electron chi connectivity index (χ2n) is 4.51. The summed E-state index contributed by atoms with van der Waals surface area (Å²) in [5.41, 5.74) is 0.839. The van der Waals surface area contributed by atoms with E-state index in [2.05, 4.69) is 12.2 Å². The van der Waals surface area contributed by atoms with Gasteiger partial charge in [-0.25, -0.2) is 4.39 Å². The van der Waals surface area contributed by atoms with E-state index in [1.54, 1.807) is 6.07 Å². The molecular formula is C15H23ClFNO. The summed E-state index contributed by atoms with van der Waals surface area (Å²) in [5, 5.41) is 4.04. The van der Waals surface area contributed by atoms with Crippen LogP contribution in [0.3, 0.4) is 0 Å². The van der Waals surface area contributed by atoms with Gasteiger partial charge in [-0.1, -0.05) is 18.5 Å². The Morgan fingerprint density at radius 2 is 2.16 bits per heavy atom. The number of halogens is 2. The second kappa shape index (κ2) is 9.29. The molecule has 1 atom stereocenters. The van der Waals surface area contributed by atoms with Gasteiger partial charge in [-0.2, -0.15) is 0 Å². The van der Waals surface area contributed by atoms with Crippen molar-refractivity contribution in [2.24, 2.45) is 0 Å². The summed E-state index contributed by atoms with van der Waals surface area (Å²) in [6, 6.07) is 4.62. The topological polar surface area (TPSA) is 21.3 Å². The van der Waals surface area contributed by atoms with Gasteiger partial charge in [0.2, 0.25) is 0 Å². The highest BCUT2D eigenvalue weighted by Gasteiger charge is 2.14. The largest absolute Gasteiger partial charge is 0.382 e. The molecule has 108 valence electrons. The van der Waals surface area contributed by atoms with Gasteiger partial charge in [0.05, 0.1) is 0 Å². The van der Waals surface area contributed by atoms with Gasteiger partial charge < -0.3 is 10.1 Å². The normalized spacial score (nSPS) is 12.6. The quantitative estimate of drug-likeness (QED) is 0.682. The second-order valence-corrected chi connectivity index (χ2v) is 4.92. The molecule has 0 saturated carbocycles. The smallest absolute Gasteiger partial charge is 0.123 e. The SMILES string of the molecule is CCCNC(CCCOCC)c1cc(F)ccc1Cl. The number of hydrogen-bond donors (Lipinski definition) is 1. The summed E-state index contributed by atoms with van der Waals surface area (Å²) in [4.78, 5) is 0. The minimum Gasteiger partial charge on any atom is -0.382 e. The van der Waals surface area contributed by atoms with Gasteiger partial charge in [0.15, 0.2) is 0 Å². The van der Waals surface area contributed by atoms with Gasteiger partial charge in [-0.05, 0) is 56.5 Å². The van der Waals surface area contributed by atoms with E-state index >= 15 is 0 Å². The Hall–Kier alpha value is -0.640. The third-order valence-corrected chi connectivity index (χ3v) is 3.30. The first-order valence-corrected chi connectivity index (χ1v) is 7.32. The number of benzene rings is 1. The molecule has 4 heteroatoms. The molecule has 19 heavy (non-hydrogen) atoms. The first kappa shape index (κ1) is 16.4. The zero-order valence-electron chi connectivity index (χ0n) is 11.7. The Morgan fingerprint density at radius 1 is 1.37 bits per heavy atom. The van der Waals surface area contributed by atoms with Crippen LogP contribution in [0.5, 0.6) is 0 Å². The molecule has 1 unspecified atom stereocenters. The van der Waals surface area contributed by atoms with Gasteiger partial charge in [-0.3, -0.25) is 0 Å². The molecule has 0 aliphatic rings. The van der Waals surface area contributed by atoms with E-state index in [0.717, 1.165) is 44.6 Å². The van der Waals surface area contributed by atoms with Crippen LogP contribution in [0.15, 0.2) is 18.2 Å². The molecule has 1 aromatic carbocycles. The Bertz CT molecular complexity index is 373. The van der Waals surface area contributed by atoms with E-state index in [9.17, 15) is 4.39 Å². The first-order chi connectivity index (χ1) is 9.19. The standard InChI is InChI=1S/C15H23ClFNO/c1-3-9-18-15(6-5-10-19-4-2)13-11-12(17)7-8-14(13)16/h7-8,11,15,18H,3-6,9-10H2,1-2H3. The number of rotatable bonds is 9. The van der Waals surface area contributed by atoms with Crippen LogP contribution in [0.1, 0.15) is 44.7 Å². The molecule has 0 bridgehead atoms. The van der Waals surface area contributed by atoms with Crippen LogP contribution in [0.2, 0.25) is 5.02 Å². The summed E-state index contributed by atoms with van der Waals surface area (Å²) >= 11 is 6.17. The zero-order valence-corrected chi connectivity index (χ0v) is 12.5. The maximum absolute atomic E-state index is 13.4. The van der Waals surface area contributed by atoms with Crippen LogP contribution in [0.4, 0.5) is 4.39 Å². The van der Waals surface area contributed by atoms with Crippen LogP contribution in [-0.4, -0.2) is 19.8 Å². The van der Waals surface area contributed by atoms with Gasteiger partial charge in [0.1, 0.15) is 5.82 Å². The van der Waals surface area contributed by atoms with Crippen molar-refractivity contribution >= 4 is 11.6 Å². The predicted molar refractivity (Wildman–Crippen MR) is 78.2 cm³/mol. The van der Waals surface area contributed by atoms with E-state index in [1.165, 1.54) is 12.1 Å². The van der Waals surface area contributed by atoms with Crippen LogP contribution in [0, 0.1) is 5.82 Å². The maximum atomic E-state index is 13.4. The molecule has 1 rings (SSSR count). The van der Waals surface area contributed by atoms with Crippen LogP contribution in [0.25, 0.3) is 0 Å². The van der Waals surface area contributed by atoms with Gasteiger partial charge in [-0.15, -0.1) is 0 Å². The van der Waals surface area contributed by atoms with Crippen LogP contribution < -0.4 is 5.32 Å². The van der Waals surface area contributed by atoms with Crippen molar-refractivity contribution < 1.29 is 9.13 Å². The molecule has 0 heterocycles. The fraction of sp³-hybridized carbons (Fsp3) is 0.600. The lowest BCUT2D eigenvalue weighted by molar-refractivity contribution is 0.141. The lowest BCUT2D eigenvalue weighted by Crippen LogP contribution is -2.23. The molecule has 0 aliphatic carbocycles. The number of hydrogen-bond acceptors (Lipinski definition) is 2. The van der Waals surface area contributed by atoms with Crippen LogP contribution >= 0.6 is 11.6 Å². The number of ether oxygens (including phenoxy) is 1. The monoisotopic (exact) mass is 287 g/mol. The molecule has 0 amide bonds. The Kier molecular flexibility index (Phi) is 8.03. The lowest BCUT2D eigenvalue weighted by atomic mass is 10.0. The van der Waals surface area contributed by atoms with E-state index in [-0.39, 0.29) is 11.9 Å². The predicted octanol–water partition coefficient (Wildman–Crippen LogP) is 4.34. The summed E-state index contributed by atoms with van der Waals surface area (Å²) in [6.45, 7) is 6.45. The molecule has 0 spiro atoms. The molecule has 0 saturated heterocycles. The molecule has 1 N–H and O–H groups in total. The molecule has 1 aromatic rings. The summed E-state index contributed by atoms with van der Waals surface area (Å²) in [6.07, 6.45) is 2.86. The van der Waals surface area contributed by atoms with Crippen molar-refractivity contribution in [1.29, 1.82) is 0 Å². The van der Waals surface area contributed by atoms with Crippen molar-refractivity contribution in [2.45, 2.75) is 39.2 Å². The number of nitrogens with one attached hydrogen (secondary N) is 1. The summed E-state index contributed by atoms with van der Waals surface area (Å²) in [5.74, 6) is -0.243. The van der Waals surface area contributed by atoms with Crippen molar-refractivity contribution in [2.75, 3.05) is 19.8 Å². The third-order valence-electron chi connectivity index (χ3n) is 2.96. The highest BCUT2D eigenvalue weighted by atomic mass is 35.5. The highest BCUT2D eigenvalue weighted by Crippen LogP contribution is 2.27. The zero-order chi connectivity index (χ0) is 14.1. The Labute approximate surface area is 120 Å². The van der Waals surface area contributed by atoms with Gasteiger partial charge >= 0.3 is 0 Å². The van der Waals surface area contributed by atoms with E-state index in [0.29, 0.717) is 5.02 Å². The van der Waals surface area contributed by atoms with Gasteiger partial charge in [0, 0.05) is 24.3 Å².